The molecule has 5 heteroatoms. The molecule has 1 aromatic carbocycles. The second kappa shape index (κ2) is 9.47. The first-order chi connectivity index (χ1) is 9.63. The third-order valence-electron chi connectivity index (χ3n) is 2.86. The summed E-state index contributed by atoms with van der Waals surface area (Å²) in [5.74, 6) is -0.0690. The van der Waals surface area contributed by atoms with Crippen molar-refractivity contribution in [2.45, 2.75) is 6.42 Å². The molecule has 0 aliphatic rings. The summed E-state index contributed by atoms with van der Waals surface area (Å²) in [5, 5.41) is 2.84. The lowest BCUT2D eigenvalue weighted by atomic mass is 10.1. The topological polar surface area (TPSA) is 67.6 Å². The van der Waals surface area contributed by atoms with E-state index in [1.54, 1.807) is 0 Å². The van der Waals surface area contributed by atoms with Gasteiger partial charge in [0.25, 0.3) is 5.91 Å². The minimum Gasteiger partial charge on any atom is -0.378 e. The Kier molecular flexibility index (Phi) is 7.87. The van der Waals surface area contributed by atoms with Gasteiger partial charge < -0.3 is 20.7 Å². The van der Waals surface area contributed by atoms with Crippen molar-refractivity contribution in [3.63, 3.8) is 0 Å². The van der Waals surface area contributed by atoms with Crippen molar-refractivity contribution in [3.8, 4) is 0 Å². The number of carbonyl (C=O) groups excluding carboxylic acids is 1. The second-order valence-corrected chi connectivity index (χ2v) is 4.91. The van der Waals surface area contributed by atoms with Gasteiger partial charge in [0.15, 0.2) is 0 Å². The predicted octanol–water partition coefficient (Wildman–Crippen LogP) is 0.496. The van der Waals surface area contributed by atoms with Crippen LogP contribution in [0.4, 0.5) is 0 Å². The minimum atomic E-state index is -0.0690. The van der Waals surface area contributed by atoms with Crippen molar-refractivity contribution in [2.24, 2.45) is 5.73 Å². The highest BCUT2D eigenvalue weighted by Gasteiger charge is 2.04. The number of benzene rings is 1. The van der Waals surface area contributed by atoms with Crippen molar-refractivity contribution in [1.82, 2.24) is 10.2 Å². The maximum atomic E-state index is 11.9. The summed E-state index contributed by atoms with van der Waals surface area (Å²) in [5.41, 5.74) is 7.30. The SMILES string of the molecule is CN(C)CCOCCNC(=O)c1ccc(CCN)cc1. The van der Waals surface area contributed by atoms with E-state index < -0.39 is 0 Å². The van der Waals surface area contributed by atoms with Crippen LogP contribution in [0.3, 0.4) is 0 Å². The first kappa shape index (κ1) is 16.6. The molecule has 3 N–H and O–H groups in total. The summed E-state index contributed by atoms with van der Waals surface area (Å²) in [4.78, 5) is 13.9. The molecule has 1 rings (SSSR count). The molecule has 0 fully saturated rings. The van der Waals surface area contributed by atoms with Crippen LogP contribution in [-0.4, -0.2) is 57.8 Å². The van der Waals surface area contributed by atoms with Crippen LogP contribution in [0.5, 0.6) is 0 Å². The third kappa shape index (κ3) is 6.65. The maximum Gasteiger partial charge on any atom is 0.251 e. The Hall–Kier alpha value is -1.43. The fourth-order valence-corrected chi connectivity index (χ4v) is 1.68. The number of hydrogen-bond acceptors (Lipinski definition) is 4. The van der Waals surface area contributed by atoms with E-state index in [0.717, 1.165) is 18.5 Å². The molecule has 0 atom stereocenters. The normalized spacial score (nSPS) is 10.8. The van der Waals surface area contributed by atoms with Crippen LogP contribution < -0.4 is 11.1 Å². The van der Waals surface area contributed by atoms with Crippen molar-refractivity contribution in [2.75, 3.05) is 46.9 Å². The number of nitrogens with two attached hydrogens (primary N) is 1. The summed E-state index contributed by atoms with van der Waals surface area (Å²) < 4.78 is 5.41. The van der Waals surface area contributed by atoms with E-state index in [9.17, 15) is 4.79 Å². The minimum absolute atomic E-state index is 0.0690. The molecule has 0 saturated heterocycles. The molecular weight excluding hydrogens is 254 g/mol. The molecule has 5 nitrogen and oxygen atoms in total. The van der Waals surface area contributed by atoms with Gasteiger partial charge in [0.2, 0.25) is 0 Å². The molecule has 0 saturated carbocycles. The van der Waals surface area contributed by atoms with Crippen molar-refractivity contribution >= 4 is 5.91 Å². The Morgan fingerprint density at radius 3 is 2.55 bits per heavy atom. The molecule has 0 radical (unpaired) electrons. The number of nitrogens with zero attached hydrogens (tertiary/aromatic N) is 1. The monoisotopic (exact) mass is 279 g/mol. The number of carbonyl (C=O) groups is 1. The van der Waals surface area contributed by atoms with E-state index in [1.807, 2.05) is 38.4 Å². The zero-order valence-corrected chi connectivity index (χ0v) is 12.4. The van der Waals surface area contributed by atoms with E-state index in [1.165, 1.54) is 0 Å². The first-order valence-corrected chi connectivity index (χ1v) is 6.93. The van der Waals surface area contributed by atoms with Crippen LogP contribution in [0.15, 0.2) is 24.3 Å². The van der Waals surface area contributed by atoms with Gasteiger partial charge in [-0.1, -0.05) is 12.1 Å². The quantitative estimate of drug-likeness (QED) is 0.646. The van der Waals surface area contributed by atoms with Gasteiger partial charge in [0.05, 0.1) is 13.2 Å². The van der Waals surface area contributed by atoms with E-state index in [4.69, 9.17) is 10.5 Å². The summed E-state index contributed by atoms with van der Waals surface area (Å²) in [6, 6.07) is 7.53. The van der Waals surface area contributed by atoms with Crippen molar-refractivity contribution < 1.29 is 9.53 Å². The zero-order valence-electron chi connectivity index (χ0n) is 12.4. The van der Waals surface area contributed by atoms with E-state index >= 15 is 0 Å². The Morgan fingerprint density at radius 1 is 1.25 bits per heavy atom. The van der Waals surface area contributed by atoms with Crippen LogP contribution in [0.1, 0.15) is 15.9 Å². The van der Waals surface area contributed by atoms with Crippen LogP contribution in [0.2, 0.25) is 0 Å². The summed E-state index contributed by atoms with van der Waals surface area (Å²) >= 11 is 0. The summed E-state index contributed by atoms with van der Waals surface area (Å²) in [7, 11) is 4.00. The molecule has 0 aliphatic heterocycles. The average Bonchev–Trinajstić information content (AvgIpc) is 2.43. The molecule has 0 bridgehead atoms. The fourth-order valence-electron chi connectivity index (χ4n) is 1.68. The molecule has 0 aromatic heterocycles. The molecule has 1 amide bonds. The zero-order chi connectivity index (χ0) is 14.8. The second-order valence-electron chi connectivity index (χ2n) is 4.91. The lowest BCUT2D eigenvalue weighted by Gasteiger charge is -2.10. The van der Waals surface area contributed by atoms with Gasteiger partial charge in [0, 0.05) is 18.7 Å². The van der Waals surface area contributed by atoms with Gasteiger partial charge in [0.1, 0.15) is 0 Å². The molecule has 20 heavy (non-hydrogen) atoms. The highest BCUT2D eigenvalue weighted by Crippen LogP contribution is 2.04. The lowest BCUT2D eigenvalue weighted by Crippen LogP contribution is -2.28. The highest BCUT2D eigenvalue weighted by atomic mass is 16.5. The van der Waals surface area contributed by atoms with Gasteiger partial charge in [-0.05, 0) is 44.8 Å². The van der Waals surface area contributed by atoms with Gasteiger partial charge in [-0.25, -0.2) is 0 Å². The van der Waals surface area contributed by atoms with Crippen LogP contribution in [0, 0.1) is 0 Å². The number of ether oxygens (including phenoxy) is 1. The van der Waals surface area contributed by atoms with Crippen molar-refractivity contribution in [3.05, 3.63) is 35.4 Å². The first-order valence-electron chi connectivity index (χ1n) is 6.93. The van der Waals surface area contributed by atoms with Crippen LogP contribution in [-0.2, 0) is 11.2 Å². The van der Waals surface area contributed by atoms with Crippen molar-refractivity contribution in [1.29, 1.82) is 0 Å². The number of rotatable bonds is 9. The molecular formula is C15H25N3O2. The Balaban J connectivity index is 2.22. The molecule has 1 aromatic rings. The molecule has 0 unspecified atom stereocenters. The molecule has 0 heterocycles. The van der Waals surface area contributed by atoms with Gasteiger partial charge in [-0.3, -0.25) is 4.79 Å². The van der Waals surface area contributed by atoms with E-state index in [0.29, 0.717) is 31.9 Å². The van der Waals surface area contributed by atoms with E-state index in [2.05, 4.69) is 10.2 Å². The number of amides is 1. The number of nitrogens with one attached hydrogen (secondary N) is 1. The van der Waals surface area contributed by atoms with Gasteiger partial charge in [-0.15, -0.1) is 0 Å². The smallest absolute Gasteiger partial charge is 0.251 e. The average molecular weight is 279 g/mol. The Labute approximate surface area is 121 Å². The summed E-state index contributed by atoms with van der Waals surface area (Å²) in [6.07, 6.45) is 0.835. The fraction of sp³-hybridized carbons (Fsp3) is 0.533. The summed E-state index contributed by atoms with van der Waals surface area (Å²) in [6.45, 7) is 3.24. The molecule has 0 spiro atoms. The predicted molar refractivity (Wildman–Crippen MR) is 80.9 cm³/mol. The Morgan fingerprint density at radius 2 is 1.95 bits per heavy atom. The molecule has 0 aliphatic carbocycles. The largest absolute Gasteiger partial charge is 0.378 e. The third-order valence-corrected chi connectivity index (χ3v) is 2.86. The van der Waals surface area contributed by atoms with Gasteiger partial charge >= 0.3 is 0 Å². The maximum absolute atomic E-state index is 11.9. The van der Waals surface area contributed by atoms with Crippen LogP contribution >= 0.6 is 0 Å². The van der Waals surface area contributed by atoms with Crippen LogP contribution in [0.25, 0.3) is 0 Å². The van der Waals surface area contributed by atoms with Gasteiger partial charge in [-0.2, -0.15) is 0 Å². The highest BCUT2D eigenvalue weighted by molar-refractivity contribution is 5.94. The standard InChI is InChI=1S/C15H25N3O2/c1-18(2)10-12-20-11-9-17-15(19)14-5-3-13(4-6-14)7-8-16/h3-6H,7-12,16H2,1-2H3,(H,17,19). The lowest BCUT2D eigenvalue weighted by molar-refractivity contribution is 0.0900. The molecule has 112 valence electrons. The Bertz CT molecular complexity index is 391. The number of hydrogen-bond donors (Lipinski definition) is 2. The van der Waals surface area contributed by atoms with E-state index in [-0.39, 0.29) is 5.91 Å². The number of likely N-dealkylation sites (N-methyl/N-ethyl adjacent to an activating group) is 1.